The molecule has 1 aromatic carbocycles. The number of nitrogens with zero attached hydrogens (tertiary/aromatic N) is 3. The van der Waals surface area contributed by atoms with Gasteiger partial charge in [0.25, 0.3) is 0 Å². The number of hydrogen-bond donors (Lipinski definition) is 1. The number of aromatic nitrogens is 2. The molecule has 4 nitrogen and oxygen atoms in total. The van der Waals surface area contributed by atoms with Crippen LogP contribution in [0, 0.1) is 11.8 Å². The van der Waals surface area contributed by atoms with Gasteiger partial charge in [-0.2, -0.15) is 0 Å². The van der Waals surface area contributed by atoms with E-state index in [9.17, 15) is 5.11 Å². The molecule has 1 aliphatic carbocycles. The van der Waals surface area contributed by atoms with Crippen LogP contribution in [0.2, 0.25) is 0 Å². The number of aryl methyl sites for hydroxylation is 1. The van der Waals surface area contributed by atoms with E-state index < -0.39 is 0 Å². The summed E-state index contributed by atoms with van der Waals surface area (Å²) < 4.78 is 2.32. The minimum absolute atomic E-state index is 0.0637. The number of benzene rings is 1. The molecule has 2 heterocycles. The zero-order chi connectivity index (χ0) is 14.4. The Hall–Kier alpha value is -1.39. The third-order valence-electron chi connectivity index (χ3n) is 5.27. The van der Waals surface area contributed by atoms with Gasteiger partial charge in [-0.25, -0.2) is 4.98 Å². The number of hydrogen-bond acceptors (Lipinski definition) is 3. The van der Waals surface area contributed by atoms with Gasteiger partial charge in [0.15, 0.2) is 0 Å². The third kappa shape index (κ3) is 2.17. The summed E-state index contributed by atoms with van der Waals surface area (Å²) in [5, 5.41) is 10.2. The van der Waals surface area contributed by atoms with Crippen molar-refractivity contribution in [1.29, 1.82) is 0 Å². The van der Waals surface area contributed by atoms with Gasteiger partial charge in [-0.1, -0.05) is 12.1 Å². The first kappa shape index (κ1) is 13.3. The van der Waals surface area contributed by atoms with Gasteiger partial charge >= 0.3 is 0 Å². The summed E-state index contributed by atoms with van der Waals surface area (Å²) in [6, 6.07) is 8.38. The number of likely N-dealkylation sites (tertiary alicyclic amines) is 1. The maximum Gasteiger partial charge on any atom is 0.124 e. The maximum absolute atomic E-state index is 10.2. The Morgan fingerprint density at radius 1 is 1.19 bits per heavy atom. The van der Waals surface area contributed by atoms with E-state index in [1.807, 2.05) is 0 Å². The molecule has 2 aliphatic rings. The normalized spacial score (nSPS) is 29.3. The molecule has 1 aromatic heterocycles. The van der Waals surface area contributed by atoms with E-state index in [0.29, 0.717) is 11.8 Å². The molecule has 1 unspecified atom stereocenters. The highest BCUT2D eigenvalue weighted by Crippen LogP contribution is 2.37. The van der Waals surface area contributed by atoms with E-state index in [1.54, 1.807) is 0 Å². The van der Waals surface area contributed by atoms with E-state index in [4.69, 9.17) is 4.98 Å². The molecule has 1 N–H and O–H groups in total. The van der Waals surface area contributed by atoms with Crippen LogP contribution in [0.5, 0.6) is 0 Å². The number of rotatable bonds is 3. The zero-order valence-electron chi connectivity index (χ0n) is 12.6. The van der Waals surface area contributed by atoms with Crippen LogP contribution >= 0.6 is 0 Å². The highest BCUT2D eigenvalue weighted by Gasteiger charge is 2.40. The SMILES string of the molecule is CCn1c(CN2C[C@H]3CC[C@@H](C2)C3O)nc2ccccc21. The Labute approximate surface area is 125 Å². The third-order valence-corrected chi connectivity index (χ3v) is 5.27. The van der Waals surface area contributed by atoms with Crippen LogP contribution in [-0.4, -0.2) is 38.8 Å². The molecular formula is C17H23N3O. The predicted molar refractivity (Wildman–Crippen MR) is 82.9 cm³/mol. The van der Waals surface area contributed by atoms with Crippen molar-refractivity contribution in [3.05, 3.63) is 30.1 Å². The topological polar surface area (TPSA) is 41.3 Å². The first-order chi connectivity index (χ1) is 10.3. The molecule has 3 atom stereocenters. The van der Waals surface area contributed by atoms with Crippen LogP contribution in [0.1, 0.15) is 25.6 Å². The van der Waals surface area contributed by atoms with Gasteiger partial charge < -0.3 is 9.67 Å². The molecule has 112 valence electrons. The van der Waals surface area contributed by atoms with Crippen molar-refractivity contribution in [3.63, 3.8) is 0 Å². The Kier molecular flexibility index (Phi) is 3.23. The van der Waals surface area contributed by atoms with Crippen LogP contribution in [-0.2, 0) is 13.1 Å². The van der Waals surface area contributed by atoms with Gasteiger partial charge in [-0.05, 0) is 43.7 Å². The van der Waals surface area contributed by atoms with Crippen molar-refractivity contribution in [2.75, 3.05) is 13.1 Å². The lowest BCUT2D eigenvalue weighted by Crippen LogP contribution is -2.44. The lowest BCUT2D eigenvalue weighted by Gasteiger charge is -2.35. The lowest BCUT2D eigenvalue weighted by molar-refractivity contribution is 0.0127. The lowest BCUT2D eigenvalue weighted by atomic mass is 9.95. The number of aliphatic hydroxyl groups is 1. The quantitative estimate of drug-likeness (QED) is 0.940. The number of imidazole rings is 1. The van der Waals surface area contributed by atoms with Crippen LogP contribution in [0.4, 0.5) is 0 Å². The van der Waals surface area contributed by atoms with Gasteiger partial charge in [0.05, 0.1) is 23.7 Å². The van der Waals surface area contributed by atoms with Crippen molar-refractivity contribution in [1.82, 2.24) is 14.5 Å². The van der Waals surface area contributed by atoms with E-state index >= 15 is 0 Å². The largest absolute Gasteiger partial charge is 0.392 e. The van der Waals surface area contributed by atoms with Gasteiger partial charge in [0.2, 0.25) is 0 Å². The highest BCUT2D eigenvalue weighted by atomic mass is 16.3. The second-order valence-corrected chi connectivity index (χ2v) is 6.54. The summed E-state index contributed by atoms with van der Waals surface area (Å²) in [4.78, 5) is 7.31. The second-order valence-electron chi connectivity index (χ2n) is 6.54. The van der Waals surface area contributed by atoms with Crippen LogP contribution < -0.4 is 0 Å². The van der Waals surface area contributed by atoms with Gasteiger partial charge in [0, 0.05) is 19.6 Å². The molecule has 0 amide bonds. The van der Waals surface area contributed by atoms with Crippen molar-refractivity contribution in [2.24, 2.45) is 11.8 Å². The van der Waals surface area contributed by atoms with E-state index in [1.165, 1.54) is 18.4 Å². The Bertz CT molecular complexity index is 637. The van der Waals surface area contributed by atoms with Crippen molar-refractivity contribution >= 4 is 11.0 Å². The van der Waals surface area contributed by atoms with Crippen molar-refractivity contribution < 1.29 is 5.11 Å². The molecule has 4 heteroatoms. The second kappa shape index (κ2) is 5.11. The van der Waals surface area contributed by atoms with Crippen molar-refractivity contribution in [2.45, 2.75) is 39.0 Å². The summed E-state index contributed by atoms with van der Waals surface area (Å²) in [7, 11) is 0. The first-order valence-electron chi connectivity index (χ1n) is 8.11. The summed E-state index contributed by atoms with van der Waals surface area (Å²) in [6.07, 6.45) is 2.31. The number of fused-ring (bicyclic) bond motifs is 3. The minimum Gasteiger partial charge on any atom is -0.392 e. The summed E-state index contributed by atoms with van der Waals surface area (Å²) in [5.74, 6) is 2.11. The fourth-order valence-electron chi connectivity index (χ4n) is 4.22. The smallest absolute Gasteiger partial charge is 0.124 e. The van der Waals surface area contributed by atoms with Crippen LogP contribution in [0.25, 0.3) is 11.0 Å². The molecule has 4 rings (SSSR count). The molecular weight excluding hydrogens is 262 g/mol. The molecule has 1 saturated carbocycles. The van der Waals surface area contributed by atoms with Crippen LogP contribution in [0.15, 0.2) is 24.3 Å². The molecule has 21 heavy (non-hydrogen) atoms. The van der Waals surface area contributed by atoms with E-state index in [2.05, 4.69) is 40.7 Å². The average molecular weight is 285 g/mol. The summed E-state index contributed by atoms with van der Waals surface area (Å²) >= 11 is 0. The number of para-hydroxylation sites is 2. The molecule has 2 bridgehead atoms. The fraction of sp³-hybridized carbons (Fsp3) is 0.588. The van der Waals surface area contributed by atoms with E-state index in [0.717, 1.165) is 37.5 Å². The maximum atomic E-state index is 10.2. The van der Waals surface area contributed by atoms with Crippen molar-refractivity contribution in [3.8, 4) is 0 Å². The molecule has 2 aromatic rings. The van der Waals surface area contributed by atoms with Gasteiger partial charge in [0.1, 0.15) is 5.82 Å². The highest BCUT2D eigenvalue weighted by molar-refractivity contribution is 5.75. The first-order valence-corrected chi connectivity index (χ1v) is 8.11. The zero-order valence-corrected chi connectivity index (χ0v) is 12.6. The number of piperidine rings is 1. The predicted octanol–water partition coefficient (Wildman–Crippen LogP) is 2.26. The Morgan fingerprint density at radius 2 is 1.90 bits per heavy atom. The minimum atomic E-state index is -0.0637. The standard InChI is InChI=1S/C17H23N3O/c1-2-20-15-6-4-3-5-14(15)18-16(20)11-19-9-12-7-8-13(10-19)17(12)21/h3-6,12-13,17,21H,2,7-11H2,1H3/t12-,13+,17?. The summed E-state index contributed by atoms with van der Waals surface area (Å²) in [5.41, 5.74) is 2.32. The van der Waals surface area contributed by atoms with Gasteiger partial charge in [-0.15, -0.1) is 0 Å². The average Bonchev–Trinajstić information content (AvgIpc) is 2.91. The fourth-order valence-corrected chi connectivity index (χ4v) is 4.22. The molecule has 0 spiro atoms. The molecule has 2 fully saturated rings. The van der Waals surface area contributed by atoms with Crippen LogP contribution in [0.3, 0.4) is 0 Å². The van der Waals surface area contributed by atoms with E-state index in [-0.39, 0.29) is 6.10 Å². The Morgan fingerprint density at radius 3 is 2.62 bits per heavy atom. The Balaban J connectivity index is 1.60. The summed E-state index contributed by atoms with van der Waals surface area (Å²) in [6.45, 7) is 6.08. The molecule has 1 aliphatic heterocycles. The molecule has 0 radical (unpaired) electrons. The number of aliphatic hydroxyl groups excluding tert-OH is 1. The monoisotopic (exact) mass is 285 g/mol. The van der Waals surface area contributed by atoms with Gasteiger partial charge in [-0.3, -0.25) is 4.90 Å². The molecule has 1 saturated heterocycles.